The molecule has 5 heteroatoms. The Morgan fingerprint density at radius 2 is 2.05 bits per heavy atom. The van der Waals surface area contributed by atoms with Gasteiger partial charge >= 0.3 is 0 Å². The monoisotopic (exact) mass is 266 g/mol. The number of ether oxygens (including phenoxy) is 1. The van der Waals surface area contributed by atoms with E-state index in [9.17, 15) is 4.79 Å². The second-order valence-corrected chi connectivity index (χ2v) is 4.47. The van der Waals surface area contributed by atoms with Gasteiger partial charge in [-0.2, -0.15) is 0 Å². The van der Waals surface area contributed by atoms with Crippen molar-refractivity contribution in [3.05, 3.63) is 29.8 Å². The third-order valence-electron chi connectivity index (χ3n) is 2.80. The maximum atomic E-state index is 11.7. The molecule has 1 amide bonds. The first kappa shape index (κ1) is 15.5. The van der Waals surface area contributed by atoms with Crippen LogP contribution in [0.5, 0.6) is 5.75 Å². The molecule has 0 fully saturated rings. The number of hydrogen-bond donors (Lipinski definition) is 3. The first-order valence-corrected chi connectivity index (χ1v) is 6.43. The van der Waals surface area contributed by atoms with Crippen LogP contribution in [0.3, 0.4) is 0 Å². The van der Waals surface area contributed by atoms with Crippen molar-refractivity contribution in [1.82, 2.24) is 5.32 Å². The van der Waals surface area contributed by atoms with Crippen LogP contribution in [0.1, 0.15) is 18.4 Å². The zero-order valence-corrected chi connectivity index (χ0v) is 11.3. The van der Waals surface area contributed by atoms with Gasteiger partial charge in [-0.05, 0) is 37.0 Å². The zero-order valence-electron chi connectivity index (χ0n) is 11.3. The molecular formula is C14H22N2O3. The molecule has 1 aromatic carbocycles. The van der Waals surface area contributed by atoms with Crippen LogP contribution < -0.4 is 11.1 Å². The van der Waals surface area contributed by atoms with Crippen LogP contribution in [0.2, 0.25) is 0 Å². The zero-order chi connectivity index (χ0) is 14.1. The number of unbranched alkanes of at least 4 members (excludes halogenated alkanes) is 1. The standard InChI is InChI=1S/C14H22N2O3/c1-19-9-3-2-8-16-14(18)13(15)10-11-4-6-12(17)7-5-11/h4-7,13,17H,2-3,8-10,15H2,1H3,(H,16,18)/t13-/m1/s1. The minimum atomic E-state index is -0.563. The fraction of sp³-hybridized carbons (Fsp3) is 0.500. The number of aromatic hydroxyl groups is 1. The minimum absolute atomic E-state index is 0.148. The van der Waals surface area contributed by atoms with Gasteiger partial charge < -0.3 is 20.9 Å². The summed E-state index contributed by atoms with van der Waals surface area (Å²) < 4.78 is 4.93. The number of nitrogens with two attached hydrogens (primary N) is 1. The van der Waals surface area contributed by atoms with E-state index in [1.54, 1.807) is 31.4 Å². The summed E-state index contributed by atoms with van der Waals surface area (Å²) in [6, 6.07) is 6.14. The molecule has 19 heavy (non-hydrogen) atoms. The van der Waals surface area contributed by atoms with Gasteiger partial charge in [0.15, 0.2) is 0 Å². The Labute approximate surface area is 113 Å². The molecule has 0 spiro atoms. The van der Waals surface area contributed by atoms with Crippen molar-refractivity contribution in [3.8, 4) is 5.75 Å². The van der Waals surface area contributed by atoms with Crippen molar-refractivity contribution in [3.63, 3.8) is 0 Å². The van der Waals surface area contributed by atoms with Crippen LogP contribution in [0.15, 0.2) is 24.3 Å². The Balaban J connectivity index is 2.26. The number of phenols is 1. The molecule has 0 saturated heterocycles. The number of hydrogen-bond acceptors (Lipinski definition) is 4. The minimum Gasteiger partial charge on any atom is -0.508 e. The van der Waals surface area contributed by atoms with Crippen LogP contribution in [0, 0.1) is 0 Å². The van der Waals surface area contributed by atoms with Gasteiger partial charge in [0.2, 0.25) is 5.91 Å². The van der Waals surface area contributed by atoms with Crippen molar-refractivity contribution in [2.75, 3.05) is 20.3 Å². The highest BCUT2D eigenvalue weighted by atomic mass is 16.5. The first-order valence-electron chi connectivity index (χ1n) is 6.43. The summed E-state index contributed by atoms with van der Waals surface area (Å²) in [7, 11) is 1.66. The lowest BCUT2D eigenvalue weighted by atomic mass is 10.1. The summed E-state index contributed by atoms with van der Waals surface area (Å²) >= 11 is 0. The topological polar surface area (TPSA) is 84.6 Å². The molecule has 0 radical (unpaired) electrons. The molecule has 0 unspecified atom stereocenters. The van der Waals surface area contributed by atoms with E-state index in [4.69, 9.17) is 15.6 Å². The summed E-state index contributed by atoms with van der Waals surface area (Å²) in [5.41, 5.74) is 6.76. The van der Waals surface area contributed by atoms with E-state index in [1.807, 2.05) is 0 Å². The summed E-state index contributed by atoms with van der Waals surface area (Å²) in [4.78, 5) is 11.7. The highest BCUT2D eigenvalue weighted by Gasteiger charge is 2.13. The van der Waals surface area contributed by atoms with Crippen LogP contribution in [0.4, 0.5) is 0 Å². The Morgan fingerprint density at radius 3 is 2.68 bits per heavy atom. The lowest BCUT2D eigenvalue weighted by molar-refractivity contribution is -0.122. The largest absolute Gasteiger partial charge is 0.508 e. The molecule has 0 bridgehead atoms. The summed E-state index contributed by atoms with van der Waals surface area (Å²) in [5.74, 6) is 0.0606. The normalized spacial score (nSPS) is 12.1. The van der Waals surface area contributed by atoms with Crippen LogP contribution in [0.25, 0.3) is 0 Å². The van der Waals surface area contributed by atoms with Gasteiger partial charge in [0, 0.05) is 20.3 Å². The van der Waals surface area contributed by atoms with E-state index >= 15 is 0 Å². The first-order chi connectivity index (χ1) is 9.13. The number of amides is 1. The number of benzene rings is 1. The molecule has 5 nitrogen and oxygen atoms in total. The molecule has 0 aliphatic carbocycles. The van der Waals surface area contributed by atoms with Crippen molar-refractivity contribution >= 4 is 5.91 Å². The third-order valence-corrected chi connectivity index (χ3v) is 2.80. The van der Waals surface area contributed by atoms with E-state index in [0.29, 0.717) is 19.6 Å². The van der Waals surface area contributed by atoms with Gasteiger partial charge in [-0.3, -0.25) is 4.79 Å². The quantitative estimate of drug-likeness (QED) is 0.608. The van der Waals surface area contributed by atoms with Gasteiger partial charge in [0.1, 0.15) is 5.75 Å². The van der Waals surface area contributed by atoms with Gasteiger partial charge in [-0.15, -0.1) is 0 Å². The van der Waals surface area contributed by atoms with Crippen molar-refractivity contribution in [1.29, 1.82) is 0 Å². The number of methoxy groups -OCH3 is 1. The molecule has 4 N–H and O–H groups in total. The Bertz CT molecular complexity index is 379. The van der Waals surface area contributed by atoms with Crippen molar-refractivity contribution < 1.29 is 14.6 Å². The molecule has 1 rings (SSSR count). The number of carbonyl (C=O) groups is 1. The summed E-state index contributed by atoms with van der Waals surface area (Å²) in [5, 5.41) is 12.0. The molecule has 0 aliphatic rings. The molecule has 0 saturated carbocycles. The second kappa shape index (κ2) is 8.50. The van der Waals surface area contributed by atoms with Gasteiger partial charge in [0.25, 0.3) is 0 Å². The molecule has 1 aromatic rings. The molecule has 0 aromatic heterocycles. The van der Waals surface area contributed by atoms with Crippen molar-refractivity contribution in [2.24, 2.45) is 5.73 Å². The lowest BCUT2D eigenvalue weighted by Crippen LogP contribution is -2.42. The number of rotatable bonds is 8. The molecule has 106 valence electrons. The average molecular weight is 266 g/mol. The Kier molecular flexibility index (Phi) is 6.92. The summed E-state index contributed by atoms with van der Waals surface area (Å²) in [6.07, 6.45) is 2.26. The maximum absolute atomic E-state index is 11.7. The number of phenolic OH excluding ortho intramolecular Hbond substituents is 1. The van der Waals surface area contributed by atoms with Gasteiger partial charge in [0.05, 0.1) is 6.04 Å². The Hall–Kier alpha value is -1.59. The Morgan fingerprint density at radius 1 is 1.37 bits per heavy atom. The van der Waals surface area contributed by atoms with Gasteiger partial charge in [-0.25, -0.2) is 0 Å². The fourth-order valence-corrected chi connectivity index (χ4v) is 1.69. The summed E-state index contributed by atoms with van der Waals surface area (Å²) in [6.45, 7) is 1.32. The average Bonchev–Trinajstić information content (AvgIpc) is 2.41. The van der Waals surface area contributed by atoms with Crippen molar-refractivity contribution in [2.45, 2.75) is 25.3 Å². The fourth-order valence-electron chi connectivity index (χ4n) is 1.69. The molecular weight excluding hydrogens is 244 g/mol. The van der Waals surface area contributed by atoms with Crippen LogP contribution in [-0.2, 0) is 16.0 Å². The molecule has 0 aliphatic heterocycles. The van der Waals surface area contributed by atoms with E-state index < -0.39 is 6.04 Å². The highest BCUT2D eigenvalue weighted by Crippen LogP contribution is 2.10. The number of nitrogens with one attached hydrogen (secondary N) is 1. The highest BCUT2D eigenvalue weighted by molar-refractivity contribution is 5.81. The van der Waals surface area contributed by atoms with E-state index in [0.717, 1.165) is 18.4 Å². The van der Waals surface area contributed by atoms with Crippen LogP contribution >= 0.6 is 0 Å². The predicted molar refractivity (Wildman–Crippen MR) is 73.9 cm³/mol. The van der Waals surface area contributed by atoms with E-state index in [1.165, 1.54) is 0 Å². The lowest BCUT2D eigenvalue weighted by Gasteiger charge is -2.12. The SMILES string of the molecule is COCCCCNC(=O)[C@H](N)Cc1ccc(O)cc1. The van der Waals surface area contributed by atoms with E-state index in [-0.39, 0.29) is 11.7 Å². The second-order valence-electron chi connectivity index (χ2n) is 4.47. The molecule has 1 atom stereocenters. The smallest absolute Gasteiger partial charge is 0.237 e. The van der Waals surface area contributed by atoms with E-state index in [2.05, 4.69) is 5.32 Å². The maximum Gasteiger partial charge on any atom is 0.237 e. The van der Waals surface area contributed by atoms with Crippen LogP contribution in [-0.4, -0.2) is 37.3 Å². The third kappa shape index (κ3) is 6.22. The number of carbonyl (C=O) groups excluding carboxylic acids is 1. The van der Waals surface area contributed by atoms with Gasteiger partial charge in [-0.1, -0.05) is 12.1 Å². The molecule has 0 heterocycles. The predicted octanol–water partition coefficient (Wildman–Crippen LogP) is 0.805.